The first-order chi connectivity index (χ1) is 19.7. The molecule has 2 aliphatic carbocycles. The highest BCUT2D eigenvalue weighted by Crippen LogP contribution is 2.48. The van der Waals surface area contributed by atoms with Crippen molar-refractivity contribution in [3.05, 3.63) is 16.8 Å². The molecule has 5 rings (SSSR count). The van der Waals surface area contributed by atoms with Crippen LogP contribution in [0, 0.1) is 0 Å². The van der Waals surface area contributed by atoms with Crippen LogP contribution in [0.5, 0.6) is 5.88 Å². The lowest BCUT2D eigenvalue weighted by Crippen LogP contribution is -2.53. The van der Waals surface area contributed by atoms with Gasteiger partial charge in [0.05, 0.1) is 5.39 Å². The molecule has 10 heteroatoms. The first-order valence-corrected chi connectivity index (χ1v) is 19.7. The molecule has 1 aliphatic heterocycles. The van der Waals surface area contributed by atoms with Crippen LogP contribution < -0.4 is 4.74 Å². The Morgan fingerprint density at radius 2 is 1.69 bits per heavy atom. The number of carbonyl (C=O) groups is 1. The third-order valence-electron chi connectivity index (χ3n) is 9.84. The molecule has 1 saturated heterocycles. The van der Waals surface area contributed by atoms with Gasteiger partial charge < -0.3 is 18.8 Å². The minimum Gasteiger partial charge on any atom is -0.474 e. The number of amides is 1. The predicted octanol–water partition coefficient (Wildman–Crippen LogP) is 7.38. The van der Waals surface area contributed by atoms with Crippen molar-refractivity contribution in [2.24, 2.45) is 0 Å². The second-order valence-corrected chi connectivity index (χ2v) is 20.9. The standard InChI is InChI=1S/C32H52N4O4SSi/c1-31(2,3)40-30(37)36-18-16-35(17-19-36)23-10-12-24(13-11-23)39-28-27-26-22(15-20-38-42(7,8)32(4,5)6)9-14-25(26)41-29(27)34-21-33-28/h21-24H,9-20H2,1-8H3/t22-,23?,24?/m1/s1. The minimum absolute atomic E-state index is 0.180. The van der Waals surface area contributed by atoms with Crippen molar-refractivity contribution in [1.82, 2.24) is 19.8 Å². The van der Waals surface area contributed by atoms with Gasteiger partial charge in [0, 0.05) is 43.7 Å². The number of thiophene rings is 1. The normalized spacial score (nSPS) is 24.2. The number of piperazine rings is 1. The first-order valence-electron chi connectivity index (χ1n) is 16.0. The maximum atomic E-state index is 12.5. The second kappa shape index (κ2) is 12.3. The Kier molecular flexibility index (Phi) is 9.29. The van der Waals surface area contributed by atoms with Crippen LogP contribution >= 0.6 is 11.3 Å². The van der Waals surface area contributed by atoms with Gasteiger partial charge in [-0.15, -0.1) is 11.3 Å². The van der Waals surface area contributed by atoms with E-state index in [2.05, 4.69) is 48.7 Å². The van der Waals surface area contributed by atoms with Crippen LogP contribution in [0.1, 0.15) is 96.4 Å². The van der Waals surface area contributed by atoms with E-state index in [1.54, 1.807) is 6.33 Å². The Hall–Kier alpha value is -1.75. The van der Waals surface area contributed by atoms with E-state index in [0.29, 0.717) is 12.0 Å². The van der Waals surface area contributed by atoms with Gasteiger partial charge in [0.15, 0.2) is 8.32 Å². The molecule has 0 spiro atoms. The molecule has 2 fully saturated rings. The number of nitrogens with zero attached hydrogens (tertiary/aromatic N) is 4. The highest BCUT2D eigenvalue weighted by Gasteiger charge is 2.38. The zero-order valence-electron chi connectivity index (χ0n) is 27.1. The van der Waals surface area contributed by atoms with Crippen LogP contribution in [0.3, 0.4) is 0 Å². The van der Waals surface area contributed by atoms with Gasteiger partial charge in [-0.1, -0.05) is 20.8 Å². The van der Waals surface area contributed by atoms with Gasteiger partial charge in [0.2, 0.25) is 5.88 Å². The molecule has 0 bridgehead atoms. The summed E-state index contributed by atoms with van der Waals surface area (Å²) in [5.41, 5.74) is 0.978. The molecule has 3 aliphatic rings. The van der Waals surface area contributed by atoms with Crippen molar-refractivity contribution < 1.29 is 18.7 Å². The lowest BCUT2D eigenvalue weighted by atomic mass is 9.91. The number of hydrogen-bond donors (Lipinski definition) is 0. The van der Waals surface area contributed by atoms with Crippen LogP contribution in [0.25, 0.3) is 10.2 Å². The molecule has 0 unspecified atom stereocenters. The smallest absolute Gasteiger partial charge is 0.410 e. The third kappa shape index (κ3) is 7.13. The van der Waals surface area contributed by atoms with E-state index < -0.39 is 13.9 Å². The van der Waals surface area contributed by atoms with Gasteiger partial charge >= 0.3 is 6.09 Å². The number of ether oxygens (including phenoxy) is 2. The summed E-state index contributed by atoms with van der Waals surface area (Å²) < 4.78 is 18.8. The predicted molar refractivity (Wildman–Crippen MR) is 172 cm³/mol. The Morgan fingerprint density at radius 3 is 2.33 bits per heavy atom. The number of hydrogen-bond acceptors (Lipinski definition) is 8. The first kappa shape index (κ1) is 31.7. The number of carbonyl (C=O) groups excluding carboxylic acids is 1. The van der Waals surface area contributed by atoms with Gasteiger partial charge in [-0.05, 0) is 95.3 Å². The van der Waals surface area contributed by atoms with E-state index in [9.17, 15) is 4.79 Å². The van der Waals surface area contributed by atoms with Crippen molar-refractivity contribution in [2.75, 3.05) is 32.8 Å². The molecule has 0 N–H and O–H groups in total. The van der Waals surface area contributed by atoms with Gasteiger partial charge in [0.1, 0.15) is 22.9 Å². The SMILES string of the molecule is CC(C)(C)OC(=O)N1CCN(C2CCC(Oc3ncnc4sc5c(c34)[C@@H](CCO[Si](C)(C)C(C)(C)C)CC5)CC2)CC1. The summed E-state index contributed by atoms with van der Waals surface area (Å²) in [6.45, 7) is 21.5. The number of aryl methyl sites for hydroxylation is 1. The second-order valence-electron chi connectivity index (χ2n) is 15.0. The van der Waals surface area contributed by atoms with Crippen molar-refractivity contribution in [1.29, 1.82) is 0 Å². The topological polar surface area (TPSA) is 77.0 Å². The molecule has 2 aromatic rings. The van der Waals surface area contributed by atoms with E-state index in [1.165, 1.54) is 16.9 Å². The fraction of sp³-hybridized carbons (Fsp3) is 0.781. The Bertz CT molecular complexity index is 1240. The van der Waals surface area contributed by atoms with E-state index in [4.69, 9.17) is 13.9 Å². The van der Waals surface area contributed by atoms with Crippen LogP contribution in [-0.4, -0.2) is 84.7 Å². The number of aromatic nitrogens is 2. The molecule has 1 amide bonds. The van der Waals surface area contributed by atoms with E-state index >= 15 is 0 Å². The van der Waals surface area contributed by atoms with Gasteiger partial charge in [0.25, 0.3) is 0 Å². The van der Waals surface area contributed by atoms with Crippen LogP contribution in [0.15, 0.2) is 6.33 Å². The molecule has 1 saturated carbocycles. The fourth-order valence-corrected chi connectivity index (χ4v) is 8.67. The molecule has 2 aromatic heterocycles. The lowest BCUT2D eigenvalue weighted by Gasteiger charge is -2.42. The van der Waals surface area contributed by atoms with Crippen LogP contribution in [-0.2, 0) is 15.6 Å². The van der Waals surface area contributed by atoms with Crippen molar-refractivity contribution in [2.45, 2.75) is 128 Å². The lowest BCUT2D eigenvalue weighted by molar-refractivity contribution is 0.00508. The quantitative estimate of drug-likeness (QED) is 0.301. The van der Waals surface area contributed by atoms with Crippen LogP contribution in [0.2, 0.25) is 18.1 Å². The molecule has 8 nitrogen and oxygen atoms in total. The highest BCUT2D eigenvalue weighted by molar-refractivity contribution is 7.19. The summed E-state index contributed by atoms with van der Waals surface area (Å²) in [6.07, 6.45) is 9.28. The van der Waals surface area contributed by atoms with Gasteiger partial charge in [-0.25, -0.2) is 14.8 Å². The maximum absolute atomic E-state index is 12.5. The Balaban J connectivity index is 1.16. The zero-order valence-corrected chi connectivity index (χ0v) is 28.9. The summed E-state index contributed by atoms with van der Waals surface area (Å²) >= 11 is 1.83. The largest absolute Gasteiger partial charge is 0.474 e. The molecular weight excluding hydrogens is 565 g/mol. The monoisotopic (exact) mass is 616 g/mol. The van der Waals surface area contributed by atoms with Crippen molar-refractivity contribution in [3.63, 3.8) is 0 Å². The molecule has 0 radical (unpaired) electrons. The molecule has 0 aromatic carbocycles. The summed E-state index contributed by atoms with van der Waals surface area (Å²) in [5, 5.41) is 1.39. The van der Waals surface area contributed by atoms with Gasteiger partial charge in [-0.3, -0.25) is 4.90 Å². The molecular formula is C32H52N4O4SSi. The van der Waals surface area contributed by atoms with E-state index in [0.717, 1.165) is 87.4 Å². The average molecular weight is 617 g/mol. The summed E-state index contributed by atoms with van der Waals surface area (Å²) in [6, 6.07) is 0.548. The molecule has 3 heterocycles. The molecule has 42 heavy (non-hydrogen) atoms. The van der Waals surface area contributed by atoms with Crippen molar-refractivity contribution in [3.8, 4) is 5.88 Å². The van der Waals surface area contributed by atoms with Gasteiger partial charge in [-0.2, -0.15) is 0 Å². The molecule has 234 valence electrons. The molecule has 1 atom stereocenters. The zero-order chi connectivity index (χ0) is 30.3. The fourth-order valence-electron chi connectivity index (χ4n) is 6.37. The third-order valence-corrected chi connectivity index (χ3v) is 15.5. The van der Waals surface area contributed by atoms with Crippen molar-refractivity contribution >= 4 is 36.0 Å². The number of rotatable bonds is 7. The average Bonchev–Trinajstić information content (AvgIpc) is 3.47. The van der Waals surface area contributed by atoms with E-state index in [-0.39, 0.29) is 17.2 Å². The minimum atomic E-state index is -1.76. The number of fused-ring (bicyclic) bond motifs is 3. The summed E-state index contributed by atoms with van der Waals surface area (Å²) in [5.74, 6) is 1.27. The Labute approximate surface area is 257 Å². The van der Waals surface area contributed by atoms with Crippen LogP contribution in [0.4, 0.5) is 4.79 Å². The highest BCUT2D eigenvalue weighted by atomic mass is 32.1. The van der Waals surface area contributed by atoms with E-state index in [1.807, 2.05) is 37.0 Å². The maximum Gasteiger partial charge on any atom is 0.410 e. The summed E-state index contributed by atoms with van der Waals surface area (Å²) in [7, 11) is -1.76. The summed E-state index contributed by atoms with van der Waals surface area (Å²) in [4.78, 5) is 28.7. The Morgan fingerprint density at radius 1 is 1.00 bits per heavy atom.